The van der Waals surface area contributed by atoms with Crippen molar-refractivity contribution in [2.75, 3.05) is 12.3 Å². The lowest BCUT2D eigenvalue weighted by atomic mass is 9.91. The van der Waals surface area contributed by atoms with Crippen molar-refractivity contribution in [1.82, 2.24) is 10.3 Å². The van der Waals surface area contributed by atoms with Crippen molar-refractivity contribution >= 4 is 11.5 Å². The van der Waals surface area contributed by atoms with E-state index in [0.717, 1.165) is 30.6 Å². The summed E-state index contributed by atoms with van der Waals surface area (Å²) in [5.41, 5.74) is 9.90. The second-order valence-corrected chi connectivity index (χ2v) is 4.66. The van der Waals surface area contributed by atoms with Gasteiger partial charge in [-0.15, -0.1) is 0 Å². The van der Waals surface area contributed by atoms with Gasteiger partial charge in [-0.25, -0.2) is 0 Å². The number of nitrogens with zero attached hydrogens (tertiary/aromatic N) is 1. The minimum Gasteiger partial charge on any atom is -0.398 e. The van der Waals surface area contributed by atoms with Crippen LogP contribution in [0.2, 0.25) is 0 Å². The van der Waals surface area contributed by atoms with Gasteiger partial charge in [0, 0.05) is 30.2 Å². The first-order valence-corrected chi connectivity index (χ1v) is 6.33. The fraction of sp³-hybridized carbons (Fsp3) is 0.200. The summed E-state index contributed by atoms with van der Waals surface area (Å²) in [5, 5.41) is 3.31. The van der Waals surface area contributed by atoms with Gasteiger partial charge in [0.25, 0.3) is 0 Å². The fourth-order valence-corrected chi connectivity index (χ4v) is 2.48. The number of carbonyl (C=O) groups is 1. The van der Waals surface area contributed by atoms with Crippen molar-refractivity contribution in [3.05, 3.63) is 58.9 Å². The molecule has 0 saturated heterocycles. The van der Waals surface area contributed by atoms with Gasteiger partial charge in [0.1, 0.15) is 0 Å². The van der Waals surface area contributed by atoms with E-state index in [4.69, 9.17) is 5.73 Å². The molecule has 1 aliphatic rings. The molecule has 4 heteroatoms. The maximum atomic E-state index is 12.6. The molecule has 2 heterocycles. The van der Waals surface area contributed by atoms with Crippen LogP contribution < -0.4 is 11.1 Å². The van der Waals surface area contributed by atoms with E-state index in [0.29, 0.717) is 11.3 Å². The number of hydrogen-bond acceptors (Lipinski definition) is 4. The molecule has 0 amide bonds. The minimum absolute atomic E-state index is 0.0376. The zero-order valence-corrected chi connectivity index (χ0v) is 10.5. The molecule has 1 aromatic heterocycles. The van der Waals surface area contributed by atoms with Gasteiger partial charge in [0.05, 0.1) is 5.56 Å². The van der Waals surface area contributed by atoms with Crippen LogP contribution in [0.4, 0.5) is 5.69 Å². The van der Waals surface area contributed by atoms with Crippen LogP contribution in [0.15, 0.2) is 36.7 Å². The Balaban J connectivity index is 2.08. The molecule has 96 valence electrons. The Labute approximate surface area is 111 Å². The van der Waals surface area contributed by atoms with Crippen LogP contribution >= 0.6 is 0 Å². The molecule has 0 saturated carbocycles. The SMILES string of the molecule is Nc1ccncc1C(=O)c1cccc2c1CCNC2. The molecule has 0 bridgehead atoms. The Morgan fingerprint density at radius 2 is 2.16 bits per heavy atom. The van der Waals surface area contributed by atoms with Crippen molar-refractivity contribution < 1.29 is 4.79 Å². The zero-order chi connectivity index (χ0) is 13.2. The van der Waals surface area contributed by atoms with Gasteiger partial charge < -0.3 is 11.1 Å². The van der Waals surface area contributed by atoms with Crippen LogP contribution in [0.25, 0.3) is 0 Å². The summed E-state index contributed by atoms with van der Waals surface area (Å²) in [4.78, 5) is 16.6. The van der Waals surface area contributed by atoms with E-state index < -0.39 is 0 Å². The summed E-state index contributed by atoms with van der Waals surface area (Å²) in [6, 6.07) is 7.51. The number of rotatable bonds is 2. The molecule has 0 fully saturated rings. The Bertz CT molecular complexity index is 637. The largest absolute Gasteiger partial charge is 0.398 e. The number of nitrogens with two attached hydrogens (primary N) is 1. The molecule has 19 heavy (non-hydrogen) atoms. The molecule has 0 spiro atoms. The highest BCUT2D eigenvalue weighted by Gasteiger charge is 2.19. The first kappa shape index (κ1) is 11.9. The third-order valence-electron chi connectivity index (χ3n) is 3.48. The molecule has 2 aromatic rings. The predicted molar refractivity (Wildman–Crippen MR) is 73.9 cm³/mol. The van der Waals surface area contributed by atoms with Crippen molar-refractivity contribution in [1.29, 1.82) is 0 Å². The van der Waals surface area contributed by atoms with Crippen LogP contribution in [-0.4, -0.2) is 17.3 Å². The number of pyridine rings is 1. The van der Waals surface area contributed by atoms with E-state index in [2.05, 4.69) is 16.4 Å². The highest BCUT2D eigenvalue weighted by atomic mass is 16.1. The molecule has 1 aromatic carbocycles. The quantitative estimate of drug-likeness (QED) is 0.797. The average molecular weight is 253 g/mol. The Morgan fingerprint density at radius 1 is 1.26 bits per heavy atom. The third-order valence-corrected chi connectivity index (χ3v) is 3.48. The third kappa shape index (κ3) is 2.11. The van der Waals surface area contributed by atoms with Crippen molar-refractivity contribution in [3.63, 3.8) is 0 Å². The molecular weight excluding hydrogens is 238 g/mol. The lowest BCUT2D eigenvalue weighted by Crippen LogP contribution is -2.25. The summed E-state index contributed by atoms with van der Waals surface area (Å²) in [6.45, 7) is 1.72. The van der Waals surface area contributed by atoms with Crippen LogP contribution in [-0.2, 0) is 13.0 Å². The average Bonchev–Trinajstić information content (AvgIpc) is 2.46. The predicted octanol–water partition coefficient (Wildman–Crippen LogP) is 1.54. The summed E-state index contributed by atoms with van der Waals surface area (Å²) in [7, 11) is 0. The van der Waals surface area contributed by atoms with Crippen LogP contribution in [0.1, 0.15) is 27.0 Å². The van der Waals surface area contributed by atoms with Gasteiger partial charge in [-0.3, -0.25) is 9.78 Å². The van der Waals surface area contributed by atoms with Gasteiger partial charge in [-0.1, -0.05) is 18.2 Å². The number of ketones is 1. The fourth-order valence-electron chi connectivity index (χ4n) is 2.48. The van der Waals surface area contributed by atoms with E-state index in [1.807, 2.05) is 12.1 Å². The Hall–Kier alpha value is -2.20. The molecule has 4 nitrogen and oxygen atoms in total. The minimum atomic E-state index is -0.0376. The van der Waals surface area contributed by atoms with Crippen LogP contribution in [0.5, 0.6) is 0 Å². The number of fused-ring (bicyclic) bond motifs is 1. The lowest BCUT2D eigenvalue weighted by Gasteiger charge is -2.19. The monoisotopic (exact) mass is 253 g/mol. The van der Waals surface area contributed by atoms with Gasteiger partial charge in [0.15, 0.2) is 5.78 Å². The standard InChI is InChI=1S/C15H15N3O/c16-14-5-7-18-9-13(14)15(19)12-3-1-2-10-8-17-6-4-11(10)12/h1-3,5,7,9,17H,4,6,8H2,(H2,16,18). The van der Waals surface area contributed by atoms with E-state index in [1.165, 1.54) is 11.8 Å². The second kappa shape index (κ2) is 4.82. The summed E-state index contributed by atoms with van der Waals surface area (Å²) in [6.07, 6.45) is 4.01. The molecule has 0 unspecified atom stereocenters. The number of benzene rings is 1. The Morgan fingerprint density at radius 3 is 3.00 bits per heavy atom. The maximum absolute atomic E-state index is 12.6. The first-order chi connectivity index (χ1) is 9.27. The van der Waals surface area contributed by atoms with E-state index >= 15 is 0 Å². The summed E-state index contributed by atoms with van der Waals surface area (Å²) >= 11 is 0. The van der Waals surface area contributed by atoms with Crippen molar-refractivity contribution in [2.45, 2.75) is 13.0 Å². The summed E-state index contributed by atoms with van der Waals surface area (Å²) < 4.78 is 0. The molecule has 3 N–H and O–H groups in total. The number of nitrogen functional groups attached to an aromatic ring is 1. The number of anilines is 1. The van der Waals surface area contributed by atoms with Crippen molar-refractivity contribution in [2.24, 2.45) is 0 Å². The number of nitrogens with one attached hydrogen (secondary N) is 1. The molecule has 3 rings (SSSR count). The van der Waals surface area contributed by atoms with Crippen LogP contribution in [0, 0.1) is 0 Å². The maximum Gasteiger partial charge on any atom is 0.196 e. The zero-order valence-electron chi connectivity index (χ0n) is 10.5. The van der Waals surface area contributed by atoms with Gasteiger partial charge in [0.2, 0.25) is 0 Å². The number of hydrogen-bond donors (Lipinski definition) is 2. The molecule has 1 aliphatic heterocycles. The Kier molecular flexibility index (Phi) is 3.01. The summed E-state index contributed by atoms with van der Waals surface area (Å²) in [5.74, 6) is -0.0376. The van der Waals surface area contributed by atoms with Crippen LogP contribution in [0.3, 0.4) is 0 Å². The van der Waals surface area contributed by atoms with E-state index in [1.54, 1.807) is 12.3 Å². The molecule has 0 aliphatic carbocycles. The van der Waals surface area contributed by atoms with Gasteiger partial charge in [-0.2, -0.15) is 0 Å². The second-order valence-electron chi connectivity index (χ2n) is 4.66. The lowest BCUT2D eigenvalue weighted by molar-refractivity contribution is 0.103. The van der Waals surface area contributed by atoms with E-state index in [-0.39, 0.29) is 5.78 Å². The first-order valence-electron chi connectivity index (χ1n) is 6.33. The van der Waals surface area contributed by atoms with Gasteiger partial charge >= 0.3 is 0 Å². The highest BCUT2D eigenvalue weighted by Crippen LogP contribution is 2.23. The van der Waals surface area contributed by atoms with Gasteiger partial charge in [-0.05, 0) is 30.2 Å². The topological polar surface area (TPSA) is 68.0 Å². The highest BCUT2D eigenvalue weighted by molar-refractivity contribution is 6.12. The number of carbonyl (C=O) groups excluding carboxylic acids is 1. The molecule has 0 atom stereocenters. The molecule has 0 radical (unpaired) electrons. The normalized spacial score (nSPS) is 13.9. The van der Waals surface area contributed by atoms with Crippen molar-refractivity contribution in [3.8, 4) is 0 Å². The van der Waals surface area contributed by atoms with E-state index in [9.17, 15) is 4.79 Å². The smallest absolute Gasteiger partial charge is 0.196 e. The number of aromatic nitrogens is 1. The molecular formula is C15H15N3O.